The van der Waals surface area contributed by atoms with Gasteiger partial charge in [-0.05, 0) is 19.3 Å². The summed E-state index contributed by atoms with van der Waals surface area (Å²) >= 11 is 0. The Morgan fingerprint density at radius 3 is 1.92 bits per heavy atom. The lowest BCUT2D eigenvalue weighted by atomic mass is 9.95. The number of hydrogen-bond donors (Lipinski definition) is 2. The van der Waals surface area contributed by atoms with Crippen LogP contribution in [0.3, 0.4) is 0 Å². The second-order valence-electron chi connectivity index (χ2n) is 6.69. The van der Waals surface area contributed by atoms with Crippen LogP contribution < -0.4 is 0 Å². The fourth-order valence-corrected chi connectivity index (χ4v) is 2.87. The van der Waals surface area contributed by atoms with Gasteiger partial charge in [0.15, 0.2) is 0 Å². The molecule has 150 valence electrons. The minimum Gasteiger partial charge on any atom is -0.394 e. The van der Waals surface area contributed by atoms with Gasteiger partial charge < -0.3 is 29.2 Å². The van der Waals surface area contributed by atoms with Crippen molar-refractivity contribution < 1.29 is 29.2 Å². The van der Waals surface area contributed by atoms with Crippen molar-refractivity contribution in [1.82, 2.24) is 0 Å². The molecule has 1 saturated heterocycles. The molecule has 0 aliphatic carbocycles. The number of ether oxygens (including phenoxy) is 4. The van der Waals surface area contributed by atoms with Crippen molar-refractivity contribution in [3.63, 3.8) is 0 Å². The Labute approximate surface area is 152 Å². The monoisotopic (exact) mass is 362 g/mol. The van der Waals surface area contributed by atoms with Crippen molar-refractivity contribution in [3.8, 4) is 0 Å². The third kappa shape index (κ3) is 7.89. The molecule has 0 aromatic heterocycles. The molecule has 0 saturated carbocycles. The van der Waals surface area contributed by atoms with Gasteiger partial charge in [-0.3, -0.25) is 0 Å². The van der Waals surface area contributed by atoms with Crippen LogP contribution in [0.1, 0.15) is 59.3 Å². The second-order valence-corrected chi connectivity index (χ2v) is 6.69. The van der Waals surface area contributed by atoms with Gasteiger partial charge in [-0.1, -0.05) is 40.0 Å². The molecule has 1 heterocycles. The van der Waals surface area contributed by atoms with Crippen LogP contribution in [0.5, 0.6) is 0 Å². The zero-order valence-corrected chi connectivity index (χ0v) is 16.2. The lowest BCUT2D eigenvalue weighted by Gasteiger charge is -2.43. The fourth-order valence-electron chi connectivity index (χ4n) is 2.87. The third-order valence-corrected chi connectivity index (χ3v) is 4.48. The number of aliphatic hydroxyl groups excluding tert-OH is 2. The Kier molecular flexibility index (Phi) is 12.7. The Bertz CT molecular complexity index is 314. The summed E-state index contributed by atoms with van der Waals surface area (Å²) in [5.74, 6) is 0. The van der Waals surface area contributed by atoms with Gasteiger partial charge in [0.1, 0.15) is 30.5 Å². The van der Waals surface area contributed by atoms with Crippen LogP contribution in [0.2, 0.25) is 0 Å². The lowest BCUT2D eigenvalue weighted by Crippen LogP contribution is -2.60. The van der Waals surface area contributed by atoms with Gasteiger partial charge in [0, 0.05) is 19.8 Å². The van der Waals surface area contributed by atoms with Crippen molar-refractivity contribution in [3.05, 3.63) is 0 Å². The molecule has 0 aromatic rings. The van der Waals surface area contributed by atoms with Crippen molar-refractivity contribution >= 4 is 0 Å². The summed E-state index contributed by atoms with van der Waals surface area (Å²) in [6.45, 7) is 8.20. The molecule has 6 heteroatoms. The summed E-state index contributed by atoms with van der Waals surface area (Å²) in [5.41, 5.74) is 0. The zero-order chi connectivity index (χ0) is 18.5. The molecule has 5 atom stereocenters. The van der Waals surface area contributed by atoms with Gasteiger partial charge in [0.2, 0.25) is 0 Å². The summed E-state index contributed by atoms with van der Waals surface area (Å²) in [6.07, 6.45) is 3.51. The van der Waals surface area contributed by atoms with Gasteiger partial charge in [-0.25, -0.2) is 0 Å². The normalized spacial score (nSPS) is 28.2. The van der Waals surface area contributed by atoms with Crippen LogP contribution in [0.25, 0.3) is 0 Å². The Balaban J connectivity index is 2.81. The van der Waals surface area contributed by atoms with Gasteiger partial charge in [0.05, 0.1) is 13.2 Å². The first-order valence-corrected chi connectivity index (χ1v) is 9.94. The molecular weight excluding hydrogens is 324 g/mol. The SMILES string of the molecule is CCCCOC1COC([C@H](O)CO)[C@@H](OCCCC)C1OCCCC. The summed E-state index contributed by atoms with van der Waals surface area (Å²) in [5, 5.41) is 19.5. The highest BCUT2D eigenvalue weighted by Crippen LogP contribution is 2.26. The molecule has 1 rings (SSSR count). The maximum absolute atomic E-state index is 10.1. The lowest BCUT2D eigenvalue weighted by molar-refractivity contribution is -0.250. The van der Waals surface area contributed by atoms with E-state index in [1.807, 2.05) is 0 Å². The molecule has 25 heavy (non-hydrogen) atoms. The van der Waals surface area contributed by atoms with Crippen molar-refractivity contribution in [2.24, 2.45) is 0 Å². The highest BCUT2D eigenvalue weighted by Gasteiger charge is 2.45. The molecular formula is C19H38O6. The van der Waals surface area contributed by atoms with E-state index in [1.54, 1.807) is 0 Å². The van der Waals surface area contributed by atoms with Crippen LogP contribution in [-0.4, -0.2) is 73.8 Å². The summed E-state index contributed by atoms with van der Waals surface area (Å²) in [6, 6.07) is 0. The Hall–Kier alpha value is -0.240. The highest BCUT2D eigenvalue weighted by atomic mass is 16.6. The standard InChI is InChI=1S/C19H38O6/c1-4-7-10-22-16-14-25-17(15(21)13-20)19(24-12-9-6-3)18(16)23-11-8-5-2/h15-21H,4-14H2,1-3H3/t15-,16?,17?,18?,19-/m1/s1. The molecule has 0 radical (unpaired) electrons. The first kappa shape index (κ1) is 22.8. The molecule has 0 amide bonds. The first-order valence-electron chi connectivity index (χ1n) is 9.94. The number of unbranched alkanes of at least 4 members (excludes halogenated alkanes) is 3. The number of rotatable bonds is 14. The van der Waals surface area contributed by atoms with E-state index in [4.69, 9.17) is 18.9 Å². The van der Waals surface area contributed by atoms with Crippen LogP contribution in [0.15, 0.2) is 0 Å². The smallest absolute Gasteiger partial charge is 0.115 e. The van der Waals surface area contributed by atoms with E-state index in [2.05, 4.69) is 20.8 Å². The average molecular weight is 363 g/mol. The van der Waals surface area contributed by atoms with Crippen molar-refractivity contribution in [1.29, 1.82) is 0 Å². The maximum Gasteiger partial charge on any atom is 0.115 e. The van der Waals surface area contributed by atoms with E-state index < -0.39 is 18.3 Å². The number of hydrogen-bond acceptors (Lipinski definition) is 6. The molecule has 6 nitrogen and oxygen atoms in total. The Morgan fingerprint density at radius 1 is 0.880 bits per heavy atom. The summed E-state index contributed by atoms with van der Waals surface area (Å²) in [4.78, 5) is 0. The van der Waals surface area contributed by atoms with E-state index in [9.17, 15) is 10.2 Å². The molecule has 1 aliphatic rings. The molecule has 1 fully saturated rings. The highest BCUT2D eigenvalue weighted by molar-refractivity contribution is 4.93. The van der Waals surface area contributed by atoms with Gasteiger partial charge in [-0.2, -0.15) is 0 Å². The predicted molar refractivity (Wildman–Crippen MR) is 96.8 cm³/mol. The molecule has 0 aromatic carbocycles. The van der Waals surface area contributed by atoms with Crippen LogP contribution in [-0.2, 0) is 18.9 Å². The molecule has 2 N–H and O–H groups in total. The molecule has 0 bridgehead atoms. The summed E-state index contributed by atoms with van der Waals surface area (Å²) in [7, 11) is 0. The van der Waals surface area contributed by atoms with Crippen LogP contribution >= 0.6 is 0 Å². The quantitative estimate of drug-likeness (QED) is 0.462. The molecule has 1 aliphatic heterocycles. The minimum atomic E-state index is -0.986. The average Bonchev–Trinajstić information content (AvgIpc) is 2.63. The van der Waals surface area contributed by atoms with E-state index in [0.717, 1.165) is 38.5 Å². The van der Waals surface area contributed by atoms with E-state index in [1.165, 1.54) is 0 Å². The second kappa shape index (κ2) is 13.9. The van der Waals surface area contributed by atoms with Crippen molar-refractivity contribution in [2.75, 3.05) is 33.0 Å². The van der Waals surface area contributed by atoms with E-state index >= 15 is 0 Å². The van der Waals surface area contributed by atoms with Crippen LogP contribution in [0.4, 0.5) is 0 Å². The van der Waals surface area contributed by atoms with Gasteiger partial charge >= 0.3 is 0 Å². The zero-order valence-electron chi connectivity index (χ0n) is 16.2. The van der Waals surface area contributed by atoms with Gasteiger partial charge in [0.25, 0.3) is 0 Å². The molecule has 3 unspecified atom stereocenters. The van der Waals surface area contributed by atoms with Gasteiger partial charge in [-0.15, -0.1) is 0 Å². The maximum atomic E-state index is 10.1. The predicted octanol–water partition coefficient (Wildman–Crippen LogP) is 2.29. The topological polar surface area (TPSA) is 77.4 Å². The van der Waals surface area contributed by atoms with Crippen molar-refractivity contribution in [2.45, 2.75) is 89.8 Å². The largest absolute Gasteiger partial charge is 0.394 e. The van der Waals surface area contributed by atoms with E-state index in [-0.39, 0.29) is 18.8 Å². The first-order chi connectivity index (χ1) is 12.2. The van der Waals surface area contributed by atoms with E-state index in [0.29, 0.717) is 26.4 Å². The van der Waals surface area contributed by atoms with Crippen LogP contribution in [0, 0.1) is 0 Å². The molecule has 0 spiro atoms. The third-order valence-electron chi connectivity index (χ3n) is 4.48. The Morgan fingerprint density at radius 2 is 1.40 bits per heavy atom. The fraction of sp³-hybridized carbons (Fsp3) is 1.00. The minimum absolute atomic E-state index is 0.211. The number of aliphatic hydroxyl groups is 2. The summed E-state index contributed by atoms with van der Waals surface area (Å²) < 4.78 is 24.0.